The molecule has 1 N–H and O–H groups in total. The number of nitrogens with zero attached hydrogens (tertiary/aromatic N) is 1. The third kappa shape index (κ3) is 4.82. The Kier molecular flexibility index (Phi) is 5.52. The molecule has 25 heavy (non-hydrogen) atoms. The Labute approximate surface area is 149 Å². The highest BCUT2D eigenvalue weighted by atomic mass is 32.2. The number of amides is 1. The molecule has 5 nitrogen and oxygen atoms in total. The minimum atomic E-state index is -3.59. The van der Waals surface area contributed by atoms with E-state index in [1.54, 1.807) is 0 Å². The first-order chi connectivity index (χ1) is 11.6. The summed E-state index contributed by atoms with van der Waals surface area (Å²) in [4.78, 5) is 12.5. The zero-order chi connectivity index (χ0) is 18.8. The van der Waals surface area contributed by atoms with Crippen LogP contribution in [-0.4, -0.2) is 27.1 Å². The van der Waals surface area contributed by atoms with Gasteiger partial charge in [0.15, 0.2) is 0 Å². The van der Waals surface area contributed by atoms with Gasteiger partial charge >= 0.3 is 0 Å². The van der Waals surface area contributed by atoms with Crippen LogP contribution >= 0.6 is 0 Å². The molecule has 0 unspecified atom stereocenters. The Morgan fingerprint density at radius 2 is 1.52 bits per heavy atom. The maximum atomic E-state index is 12.5. The van der Waals surface area contributed by atoms with Crippen molar-refractivity contribution in [3.05, 3.63) is 58.7 Å². The Balaban J connectivity index is 2.30. The van der Waals surface area contributed by atoms with Crippen LogP contribution in [0.1, 0.15) is 22.3 Å². The highest BCUT2D eigenvalue weighted by molar-refractivity contribution is 7.92. The number of hydrogen-bond donors (Lipinski definition) is 1. The van der Waals surface area contributed by atoms with Crippen molar-refractivity contribution in [2.45, 2.75) is 27.7 Å². The van der Waals surface area contributed by atoms with Crippen molar-refractivity contribution in [2.24, 2.45) is 0 Å². The monoisotopic (exact) mass is 360 g/mol. The molecule has 0 aliphatic rings. The first-order valence-electron chi connectivity index (χ1n) is 8.00. The van der Waals surface area contributed by atoms with E-state index in [0.29, 0.717) is 11.4 Å². The van der Waals surface area contributed by atoms with Crippen molar-refractivity contribution in [2.75, 3.05) is 22.4 Å². The first-order valence-corrected chi connectivity index (χ1v) is 9.85. The van der Waals surface area contributed by atoms with Gasteiger partial charge in [0.1, 0.15) is 6.54 Å². The van der Waals surface area contributed by atoms with Crippen LogP contribution in [0.15, 0.2) is 36.4 Å². The lowest BCUT2D eigenvalue weighted by atomic mass is 10.1. The van der Waals surface area contributed by atoms with Gasteiger partial charge in [-0.25, -0.2) is 8.42 Å². The molecule has 0 saturated heterocycles. The van der Waals surface area contributed by atoms with Crippen LogP contribution in [0.3, 0.4) is 0 Å². The molecule has 0 heterocycles. The number of aryl methyl sites for hydroxylation is 4. The summed E-state index contributed by atoms with van der Waals surface area (Å²) in [6.07, 6.45) is 1.11. The predicted molar refractivity (Wildman–Crippen MR) is 103 cm³/mol. The van der Waals surface area contributed by atoms with E-state index in [-0.39, 0.29) is 12.5 Å². The maximum absolute atomic E-state index is 12.5. The predicted octanol–water partition coefficient (Wildman–Crippen LogP) is 3.32. The van der Waals surface area contributed by atoms with Crippen molar-refractivity contribution < 1.29 is 13.2 Å². The molecule has 0 saturated carbocycles. The van der Waals surface area contributed by atoms with E-state index in [1.807, 2.05) is 64.1 Å². The van der Waals surface area contributed by atoms with Crippen molar-refractivity contribution in [1.82, 2.24) is 0 Å². The Morgan fingerprint density at radius 3 is 2.00 bits per heavy atom. The second kappa shape index (κ2) is 7.27. The lowest BCUT2D eigenvalue weighted by Gasteiger charge is -2.25. The number of nitrogens with one attached hydrogen (secondary N) is 1. The summed E-state index contributed by atoms with van der Waals surface area (Å²) in [5.74, 6) is -0.377. The number of sulfonamides is 1. The van der Waals surface area contributed by atoms with Gasteiger partial charge in [-0.2, -0.15) is 0 Å². The molecule has 2 aromatic rings. The molecular formula is C19H24N2O3S. The zero-order valence-corrected chi connectivity index (χ0v) is 16.1. The minimum absolute atomic E-state index is 0.266. The van der Waals surface area contributed by atoms with E-state index in [9.17, 15) is 13.2 Å². The number of para-hydroxylation sites is 1. The molecule has 0 atom stereocenters. The number of carbonyl (C=O) groups is 1. The standard InChI is InChI=1S/C19H24N2O3S/c1-13-9-14(2)11-17(10-13)20-18(22)12-21(25(5,23)24)19-15(3)7-6-8-16(19)4/h6-11H,12H2,1-5H3,(H,20,22). The smallest absolute Gasteiger partial charge is 0.245 e. The van der Waals surface area contributed by atoms with Gasteiger partial charge in [-0.3, -0.25) is 9.10 Å². The summed E-state index contributed by atoms with van der Waals surface area (Å²) in [7, 11) is -3.59. The number of hydrogen-bond acceptors (Lipinski definition) is 3. The average molecular weight is 360 g/mol. The van der Waals surface area contributed by atoms with E-state index in [4.69, 9.17) is 0 Å². The van der Waals surface area contributed by atoms with Crippen LogP contribution in [-0.2, 0) is 14.8 Å². The van der Waals surface area contributed by atoms with Crippen molar-refractivity contribution in [1.29, 1.82) is 0 Å². The zero-order valence-electron chi connectivity index (χ0n) is 15.3. The quantitative estimate of drug-likeness (QED) is 0.889. The molecule has 2 rings (SSSR count). The van der Waals surface area contributed by atoms with Gasteiger partial charge in [-0.15, -0.1) is 0 Å². The molecule has 0 spiro atoms. The fourth-order valence-electron chi connectivity index (χ4n) is 2.94. The highest BCUT2D eigenvalue weighted by Crippen LogP contribution is 2.26. The van der Waals surface area contributed by atoms with Gasteiger partial charge in [0.25, 0.3) is 0 Å². The van der Waals surface area contributed by atoms with Crippen molar-refractivity contribution in [3.63, 3.8) is 0 Å². The lowest BCUT2D eigenvalue weighted by molar-refractivity contribution is -0.114. The molecule has 0 bridgehead atoms. The van der Waals surface area contributed by atoms with E-state index < -0.39 is 10.0 Å². The third-order valence-electron chi connectivity index (χ3n) is 3.88. The normalized spacial score (nSPS) is 11.2. The van der Waals surface area contributed by atoms with Gasteiger partial charge in [-0.05, 0) is 62.1 Å². The van der Waals surface area contributed by atoms with Crippen LogP contribution in [0.25, 0.3) is 0 Å². The molecule has 0 aromatic heterocycles. The summed E-state index contributed by atoms with van der Waals surface area (Å²) >= 11 is 0. The molecule has 0 radical (unpaired) electrons. The van der Waals surface area contributed by atoms with Crippen molar-refractivity contribution in [3.8, 4) is 0 Å². The summed E-state index contributed by atoms with van der Waals surface area (Å²) < 4.78 is 25.7. The average Bonchev–Trinajstić information content (AvgIpc) is 2.43. The van der Waals surface area contributed by atoms with Gasteiger partial charge in [0, 0.05) is 5.69 Å². The van der Waals surface area contributed by atoms with Gasteiger partial charge < -0.3 is 5.32 Å². The Morgan fingerprint density at radius 1 is 1.00 bits per heavy atom. The molecule has 2 aromatic carbocycles. The third-order valence-corrected chi connectivity index (χ3v) is 4.99. The van der Waals surface area contributed by atoms with Gasteiger partial charge in [0.2, 0.25) is 15.9 Å². The van der Waals surface area contributed by atoms with E-state index >= 15 is 0 Å². The second-order valence-electron chi connectivity index (χ2n) is 6.43. The number of anilines is 2. The largest absolute Gasteiger partial charge is 0.324 e. The second-order valence-corrected chi connectivity index (χ2v) is 8.34. The maximum Gasteiger partial charge on any atom is 0.245 e. The number of carbonyl (C=O) groups excluding carboxylic acids is 1. The molecule has 0 aliphatic heterocycles. The molecule has 0 aliphatic carbocycles. The van der Waals surface area contributed by atoms with Crippen molar-refractivity contribution >= 4 is 27.3 Å². The first kappa shape index (κ1) is 19.0. The van der Waals surface area contributed by atoms with Crippen LogP contribution < -0.4 is 9.62 Å². The number of benzene rings is 2. The van der Waals surface area contributed by atoms with Crippen LogP contribution in [0.4, 0.5) is 11.4 Å². The van der Waals surface area contributed by atoms with Crippen LogP contribution in [0, 0.1) is 27.7 Å². The summed E-state index contributed by atoms with van der Waals surface area (Å²) in [6, 6.07) is 11.3. The van der Waals surface area contributed by atoms with Crippen LogP contribution in [0.5, 0.6) is 0 Å². The molecule has 6 heteroatoms. The molecule has 1 amide bonds. The Hall–Kier alpha value is -2.34. The lowest BCUT2D eigenvalue weighted by Crippen LogP contribution is -2.38. The van der Waals surface area contributed by atoms with Gasteiger partial charge in [0.05, 0.1) is 11.9 Å². The highest BCUT2D eigenvalue weighted by Gasteiger charge is 2.23. The van der Waals surface area contributed by atoms with Crippen LogP contribution in [0.2, 0.25) is 0 Å². The van der Waals surface area contributed by atoms with Gasteiger partial charge in [-0.1, -0.05) is 24.3 Å². The molecule has 134 valence electrons. The molecular weight excluding hydrogens is 336 g/mol. The van der Waals surface area contributed by atoms with E-state index in [1.165, 1.54) is 0 Å². The summed E-state index contributed by atoms with van der Waals surface area (Å²) in [5, 5.41) is 2.79. The summed E-state index contributed by atoms with van der Waals surface area (Å²) in [5.41, 5.74) is 4.90. The van der Waals surface area contributed by atoms with E-state index in [2.05, 4.69) is 5.32 Å². The summed E-state index contributed by atoms with van der Waals surface area (Å²) in [6.45, 7) is 7.30. The minimum Gasteiger partial charge on any atom is -0.324 e. The number of rotatable bonds is 5. The fourth-order valence-corrected chi connectivity index (χ4v) is 3.91. The Bertz CT molecular complexity index is 864. The topological polar surface area (TPSA) is 66.5 Å². The SMILES string of the molecule is Cc1cc(C)cc(NC(=O)CN(c2c(C)cccc2C)S(C)(=O)=O)c1. The molecule has 0 fully saturated rings. The fraction of sp³-hybridized carbons (Fsp3) is 0.316. The van der Waals surface area contributed by atoms with E-state index in [0.717, 1.165) is 32.8 Å².